The molecule has 4 aromatic rings. The molecule has 4 rings (SSSR count). The molecule has 0 heterocycles. The fourth-order valence-electron chi connectivity index (χ4n) is 3.94. The zero-order chi connectivity index (χ0) is 28.2. The molecule has 0 aliphatic rings. The molecule has 2 nitrogen and oxygen atoms in total. The van der Waals surface area contributed by atoms with Gasteiger partial charge in [-0.3, -0.25) is 0 Å². The maximum Gasteiger partial charge on any atom is 0.171 e. The average molecular weight is 624 g/mol. The minimum atomic E-state index is -4.07. The summed E-state index contributed by atoms with van der Waals surface area (Å²) in [7, 11) is -4.07. The highest BCUT2D eigenvalue weighted by Crippen LogP contribution is 2.38. The molecule has 0 radical (unpaired) electrons. The first-order valence-corrected chi connectivity index (χ1v) is 14.7. The van der Waals surface area contributed by atoms with Gasteiger partial charge in [0.2, 0.25) is 0 Å². The van der Waals surface area contributed by atoms with Crippen molar-refractivity contribution in [3.05, 3.63) is 151 Å². The van der Waals surface area contributed by atoms with Gasteiger partial charge in [-0.15, -0.1) is 0 Å². The molecule has 2 unspecified atom stereocenters. The molecule has 4 aromatic carbocycles. The molecular weight excluding hydrogens is 604 g/mol. The van der Waals surface area contributed by atoms with Crippen LogP contribution in [-0.2, 0) is 9.84 Å². The van der Waals surface area contributed by atoms with Crippen molar-refractivity contribution >= 4 is 68.4 Å². The number of benzene rings is 4. The Morgan fingerprint density at radius 3 is 1.26 bits per heavy atom. The van der Waals surface area contributed by atoms with Crippen molar-refractivity contribution in [3.63, 3.8) is 0 Å². The monoisotopic (exact) mass is 622 g/mol. The van der Waals surface area contributed by atoms with Gasteiger partial charge in [0.15, 0.2) is 9.84 Å². The Kier molecular flexibility index (Phi) is 9.52. The lowest BCUT2D eigenvalue weighted by molar-refractivity contribution is 0.584. The van der Waals surface area contributed by atoms with Gasteiger partial charge in [-0.25, -0.2) is 17.2 Å². The molecule has 0 spiro atoms. The minimum Gasteiger partial charge on any atom is -0.227 e. The summed E-state index contributed by atoms with van der Waals surface area (Å²) in [5.41, 5.74) is 1.81. The van der Waals surface area contributed by atoms with E-state index in [-0.39, 0.29) is 10.0 Å². The van der Waals surface area contributed by atoms with Gasteiger partial charge in [0.1, 0.15) is 22.1 Å². The van der Waals surface area contributed by atoms with Gasteiger partial charge < -0.3 is 0 Å². The van der Waals surface area contributed by atoms with Crippen molar-refractivity contribution in [2.75, 3.05) is 0 Å². The van der Waals surface area contributed by atoms with Gasteiger partial charge in [0, 0.05) is 10.0 Å². The molecular formula is C30H20Cl4F2O2S. The molecule has 0 fully saturated rings. The van der Waals surface area contributed by atoms with Gasteiger partial charge in [-0.1, -0.05) is 107 Å². The lowest BCUT2D eigenvalue weighted by Gasteiger charge is -2.22. The average Bonchev–Trinajstić information content (AvgIpc) is 2.88. The minimum absolute atomic E-state index is 0.138. The number of rotatable bonds is 8. The molecule has 0 bridgehead atoms. The van der Waals surface area contributed by atoms with Crippen molar-refractivity contribution in [3.8, 4) is 0 Å². The van der Waals surface area contributed by atoms with Crippen molar-refractivity contribution in [2.45, 2.75) is 10.5 Å². The van der Waals surface area contributed by atoms with Crippen molar-refractivity contribution in [2.24, 2.45) is 0 Å². The van der Waals surface area contributed by atoms with Crippen LogP contribution in [-0.4, -0.2) is 8.42 Å². The highest BCUT2D eigenvalue weighted by molar-refractivity contribution is 7.92. The first-order chi connectivity index (χ1) is 18.5. The Morgan fingerprint density at radius 1 is 0.564 bits per heavy atom. The molecule has 0 saturated carbocycles. The van der Waals surface area contributed by atoms with Crippen LogP contribution in [0.1, 0.15) is 32.8 Å². The second-order valence-corrected chi connectivity index (χ2v) is 12.5. The van der Waals surface area contributed by atoms with Crippen LogP contribution in [0.2, 0.25) is 20.1 Å². The molecule has 0 aromatic heterocycles. The molecule has 2 atom stereocenters. The van der Waals surface area contributed by atoms with E-state index in [1.807, 2.05) is 0 Å². The van der Waals surface area contributed by atoms with Crippen LogP contribution in [0, 0.1) is 11.6 Å². The third kappa shape index (κ3) is 7.30. The van der Waals surface area contributed by atoms with Gasteiger partial charge in [0.05, 0.1) is 10.0 Å². The maximum absolute atomic E-state index is 14.4. The lowest BCUT2D eigenvalue weighted by atomic mass is 10.1. The molecule has 0 N–H and O–H groups in total. The standard InChI is InChI=1S/C30H20Cl4F2O2S/c31-23-9-1-21(2-10-23)29(15-7-19-5-13-25(35)17-27(19)33)39(37,38)30(22-3-11-24(32)12-4-22)16-8-20-6-14-26(36)18-28(20)34/h1-18,29-30H. The molecule has 39 heavy (non-hydrogen) atoms. The highest BCUT2D eigenvalue weighted by Gasteiger charge is 2.33. The third-order valence-electron chi connectivity index (χ3n) is 5.93. The van der Waals surface area contributed by atoms with Gasteiger partial charge in [0.25, 0.3) is 0 Å². The SMILES string of the molecule is O=S(=O)(C(C=Cc1ccc(F)cc1Cl)c1ccc(Cl)cc1)C(C=Cc1ccc(F)cc1Cl)c1ccc(Cl)cc1. The highest BCUT2D eigenvalue weighted by atomic mass is 35.5. The van der Waals surface area contributed by atoms with Crippen LogP contribution >= 0.6 is 46.4 Å². The smallest absolute Gasteiger partial charge is 0.171 e. The Balaban J connectivity index is 1.85. The van der Waals surface area contributed by atoms with E-state index in [1.165, 1.54) is 48.6 Å². The van der Waals surface area contributed by atoms with Crippen LogP contribution in [0.3, 0.4) is 0 Å². The maximum atomic E-state index is 14.4. The zero-order valence-electron chi connectivity index (χ0n) is 20.0. The Hall–Kier alpha value is -2.67. The predicted octanol–water partition coefficient (Wildman–Crippen LogP) is 10.2. The van der Waals surface area contributed by atoms with E-state index >= 15 is 0 Å². The van der Waals surface area contributed by atoms with Crippen molar-refractivity contribution < 1.29 is 17.2 Å². The summed E-state index contributed by atoms with van der Waals surface area (Å²) in [5.74, 6) is -1.02. The molecule has 0 aliphatic heterocycles. The van der Waals surface area contributed by atoms with E-state index in [9.17, 15) is 17.2 Å². The van der Waals surface area contributed by atoms with Crippen LogP contribution in [0.5, 0.6) is 0 Å². The van der Waals surface area contributed by atoms with Gasteiger partial charge in [-0.2, -0.15) is 0 Å². The quantitative estimate of drug-likeness (QED) is 0.196. The summed E-state index contributed by atoms with van der Waals surface area (Å²) in [5, 5.41) is -1.13. The summed E-state index contributed by atoms with van der Waals surface area (Å²) in [6, 6.07) is 20.6. The first-order valence-electron chi connectivity index (χ1n) is 11.5. The van der Waals surface area contributed by atoms with Crippen LogP contribution in [0.4, 0.5) is 8.78 Å². The van der Waals surface area contributed by atoms with Crippen LogP contribution < -0.4 is 0 Å². The second-order valence-electron chi connectivity index (χ2n) is 8.58. The van der Waals surface area contributed by atoms with E-state index < -0.39 is 32.0 Å². The number of halogens is 6. The molecule has 9 heteroatoms. The summed E-state index contributed by atoms with van der Waals surface area (Å²) in [6.07, 6.45) is 6.08. The van der Waals surface area contributed by atoms with Gasteiger partial charge >= 0.3 is 0 Å². The largest absolute Gasteiger partial charge is 0.227 e. The second kappa shape index (κ2) is 12.7. The van der Waals surface area contributed by atoms with E-state index in [4.69, 9.17) is 46.4 Å². The zero-order valence-corrected chi connectivity index (χ0v) is 23.9. The third-order valence-corrected chi connectivity index (χ3v) is 9.36. The molecule has 0 amide bonds. The summed E-state index contributed by atoms with van der Waals surface area (Å²) in [4.78, 5) is 0. The van der Waals surface area contributed by atoms with Crippen molar-refractivity contribution in [1.29, 1.82) is 0 Å². The summed E-state index contributed by atoms with van der Waals surface area (Å²) >= 11 is 24.5. The van der Waals surface area contributed by atoms with Crippen LogP contribution in [0.25, 0.3) is 12.2 Å². The van der Waals surface area contributed by atoms with E-state index in [0.29, 0.717) is 32.3 Å². The van der Waals surface area contributed by atoms with E-state index in [0.717, 1.165) is 12.1 Å². The topological polar surface area (TPSA) is 34.1 Å². The van der Waals surface area contributed by atoms with Crippen molar-refractivity contribution in [1.82, 2.24) is 0 Å². The summed E-state index contributed by atoms with van der Waals surface area (Å²) < 4.78 is 55.9. The Morgan fingerprint density at radius 2 is 0.923 bits per heavy atom. The fraction of sp³-hybridized carbons (Fsp3) is 0.0667. The van der Waals surface area contributed by atoms with E-state index in [1.54, 1.807) is 48.5 Å². The Bertz CT molecular complexity index is 1520. The molecule has 200 valence electrons. The van der Waals surface area contributed by atoms with E-state index in [2.05, 4.69) is 0 Å². The number of hydrogen-bond donors (Lipinski definition) is 0. The van der Waals surface area contributed by atoms with Gasteiger partial charge in [-0.05, 0) is 70.8 Å². The molecule has 0 saturated heterocycles. The normalized spacial score (nSPS) is 13.7. The summed E-state index contributed by atoms with van der Waals surface area (Å²) in [6.45, 7) is 0. The lowest BCUT2D eigenvalue weighted by Crippen LogP contribution is -2.19. The van der Waals surface area contributed by atoms with Crippen LogP contribution in [0.15, 0.2) is 97.1 Å². The number of hydrogen-bond acceptors (Lipinski definition) is 2. The molecule has 0 aliphatic carbocycles. The number of sulfone groups is 1. The Labute approximate surface area is 246 Å². The fourth-order valence-corrected chi connectivity index (χ4v) is 6.64. The first kappa shape index (κ1) is 29.3. The predicted molar refractivity (Wildman–Crippen MR) is 158 cm³/mol.